The molecule has 116 valence electrons. The van der Waals surface area contributed by atoms with E-state index in [0.717, 1.165) is 5.56 Å². The molecule has 5 heteroatoms. The van der Waals surface area contributed by atoms with Gasteiger partial charge >= 0.3 is 0 Å². The van der Waals surface area contributed by atoms with Gasteiger partial charge in [0.05, 0.1) is 11.6 Å². The van der Waals surface area contributed by atoms with Gasteiger partial charge in [0.1, 0.15) is 11.5 Å². The van der Waals surface area contributed by atoms with Crippen LogP contribution in [0.2, 0.25) is 5.02 Å². The zero-order chi connectivity index (χ0) is 16.1. The molecule has 0 spiro atoms. The minimum atomic E-state index is -0.0975. The molecular weight excluding hydrogens is 302 g/mol. The smallest absolute Gasteiger partial charge is 0.226 e. The average Bonchev–Trinajstić information content (AvgIpc) is 2.50. The summed E-state index contributed by atoms with van der Waals surface area (Å²) >= 11 is 6.18. The number of benzene rings is 2. The highest BCUT2D eigenvalue weighted by Crippen LogP contribution is 2.31. The first kappa shape index (κ1) is 16.3. The highest BCUT2D eigenvalue weighted by Gasteiger charge is 2.09. The van der Waals surface area contributed by atoms with E-state index in [-0.39, 0.29) is 18.4 Å². The van der Waals surface area contributed by atoms with Crippen LogP contribution in [-0.2, 0) is 11.4 Å². The number of ether oxygens (including phenoxy) is 1. The summed E-state index contributed by atoms with van der Waals surface area (Å²) in [5.74, 6) is 0.961. The predicted octanol–water partition coefficient (Wildman–Crippen LogP) is 4.22. The first-order valence-electron chi connectivity index (χ1n) is 6.97. The molecule has 2 aromatic rings. The van der Waals surface area contributed by atoms with E-state index >= 15 is 0 Å². The van der Waals surface area contributed by atoms with E-state index in [4.69, 9.17) is 21.4 Å². The summed E-state index contributed by atoms with van der Waals surface area (Å²) in [7, 11) is 0. The second-order valence-corrected chi connectivity index (χ2v) is 5.60. The molecule has 0 radical (unpaired) electrons. The molecule has 0 aliphatic carbocycles. The van der Waals surface area contributed by atoms with Gasteiger partial charge in [-0.25, -0.2) is 0 Å². The molecule has 2 N–H and O–H groups in total. The van der Waals surface area contributed by atoms with E-state index in [1.165, 1.54) is 0 Å². The lowest BCUT2D eigenvalue weighted by Gasteiger charge is -2.11. The highest BCUT2D eigenvalue weighted by molar-refractivity contribution is 6.32. The molecular formula is C17H18ClNO3. The van der Waals surface area contributed by atoms with Crippen molar-refractivity contribution in [3.63, 3.8) is 0 Å². The number of nitrogens with one attached hydrogen (secondary N) is 1. The van der Waals surface area contributed by atoms with Crippen molar-refractivity contribution in [1.82, 2.24) is 0 Å². The Bertz CT molecular complexity index is 653. The van der Waals surface area contributed by atoms with Crippen molar-refractivity contribution >= 4 is 23.2 Å². The predicted molar refractivity (Wildman–Crippen MR) is 87.4 cm³/mol. The van der Waals surface area contributed by atoms with Crippen LogP contribution in [0, 0.1) is 5.92 Å². The number of carbonyl (C=O) groups excluding carboxylic acids is 1. The number of rotatable bonds is 5. The molecule has 0 bridgehead atoms. The van der Waals surface area contributed by atoms with Crippen LogP contribution in [0.25, 0.3) is 0 Å². The lowest BCUT2D eigenvalue weighted by molar-refractivity contribution is -0.118. The van der Waals surface area contributed by atoms with E-state index in [0.29, 0.717) is 22.2 Å². The van der Waals surface area contributed by atoms with Gasteiger partial charge in [0.25, 0.3) is 0 Å². The van der Waals surface area contributed by atoms with Gasteiger partial charge in [0, 0.05) is 11.6 Å². The first-order valence-corrected chi connectivity index (χ1v) is 7.35. The summed E-state index contributed by atoms with van der Waals surface area (Å²) in [4.78, 5) is 11.7. The minimum absolute atomic E-state index is 0.00865. The third-order valence-electron chi connectivity index (χ3n) is 3.06. The second kappa shape index (κ2) is 7.29. The Morgan fingerprint density at radius 1 is 1.23 bits per heavy atom. The summed E-state index contributed by atoms with van der Waals surface area (Å²) in [6.45, 7) is 3.64. The van der Waals surface area contributed by atoms with Gasteiger partial charge < -0.3 is 15.2 Å². The maximum absolute atomic E-state index is 11.7. The van der Waals surface area contributed by atoms with Gasteiger partial charge in [-0.2, -0.15) is 0 Å². The SMILES string of the molecule is CC(C)C(=O)Nc1ccc(Oc2ccc(CO)cc2)c(Cl)c1. The highest BCUT2D eigenvalue weighted by atomic mass is 35.5. The molecule has 0 aromatic heterocycles. The van der Waals surface area contributed by atoms with Crippen molar-refractivity contribution in [1.29, 1.82) is 0 Å². The average molecular weight is 320 g/mol. The summed E-state index contributed by atoms with van der Waals surface area (Å²) in [6.07, 6.45) is 0. The largest absolute Gasteiger partial charge is 0.456 e. The van der Waals surface area contributed by atoms with Crippen LogP contribution in [0.4, 0.5) is 5.69 Å². The molecule has 0 heterocycles. The lowest BCUT2D eigenvalue weighted by Crippen LogP contribution is -2.17. The zero-order valence-corrected chi connectivity index (χ0v) is 13.2. The number of carbonyl (C=O) groups is 1. The van der Waals surface area contributed by atoms with Crippen LogP contribution in [0.1, 0.15) is 19.4 Å². The molecule has 22 heavy (non-hydrogen) atoms. The molecule has 0 unspecified atom stereocenters. The van der Waals surface area contributed by atoms with E-state index in [1.54, 1.807) is 42.5 Å². The van der Waals surface area contributed by atoms with Gasteiger partial charge in [-0.3, -0.25) is 4.79 Å². The van der Waals surface area contributed by atoms with Crippen LogP contribution in [0.3, 0.4) is 0 Å². The molecule has 0 saturated carbocycles. The third kappa shape index (κ3) is 4.23. The van der Waals surface area contributed by atoms with Crippen LogP contribution in [0.5, 0.6) is 11.5 Å². The van der Waals surface area contributed by atoms with Crippen LogP contribution in [-0.4, -0.2) is 11.0 Å². The fourth-order valence-electron chi connectivity index (χ4n) is 1.74. The van der Waals surface area contributed by atoms with Crippen molar-refractivity contribution in [2.24, 2.45) is 5.92 Å². The third-order valence-corrected chi connectivity index (χ3v) is 3.35. The summed E-state index contributed by atoms with van der Waals surface area (Å²) in [5.41, 5.74) is 1.44. The maximum Gasteiger partial charge on any atom is 0.226 e. The van der Waals surface area contributed by atoms with E-state index in [2.05, 4.69) is 5.32 Å². The molecule has 0 atom stereocenters. The van der Waals surface area contributed by atoms with Crippen molar-refractivity contribution in [3.05, 3.63) is 53.1 Å². The van der Waals surface area contributed by atoms with Crippen LogP contribution < -0.4 is 10.1 Å². The molecule has 2 aromatic carbocycles. The molecule has 2 rings (SSSR count). The van der Waals surface area contributed by atoms with Crippen molar-refractivity contribution < 1.29 is 14.6 Å². The van der Waals surface area contributed by atoms with E-state index < -0.39 is 0 Å². The monoisotopic (exact) mass is 319 g/mol. The molecule has 1 amide bonds. The van der Waals surface area contributed by atoms with E-state index in [1.807, 2.05) is 13.8 Å². The zero-order valence-electron chi connectivity index (χ0n) is 12.5. The summed E-state index contributed by atoms with van der Waals surface area (Å²) in [5, 5.41) is 12.2. The standard InChI is InChI=1S/C17H18ClNO3/c1-11(2)17(21)19-13-5-8-16(15(18)9-13)22-14-6-3-12(10-20)4-7-14/h3-9,11,20H,10H2,1-2H3,(H,19,21). The van der Waals surface area contributed by atoms with Gasteiger partial charge in [-0.05, 0) is 35.9 Å². The van der Waals surface area contributed by atoms with Crippen molar-refractivity contribution in [3.8, 4) is 11.5 Å². The summed E-state index contributed by atoms with van der Waals surface area (Å²) < 4.78 is 5.69. The van der Waals surface area contributed by atoms with E-state index in [9.17, 15) is 4.79 Å². The topological polar surface area (TPSA) is 58.6 Å². The molecule has 0 aliphatic heterocycles. The Balaban J connectivity index is 2.10. The number of aliphatic hydroxyl groups is 1. The van der Waals surface area contributed by atoms with Crippen LogP contribution in [0.15, 0.2) is 42.5 Å². The maximum atomic E-state index is 11.7. The van der Waals surface area contributed by atoms with Crippen LogP contribution >= 0.6 is 11.6 Å². The fourth-order valence-corrected chi connectivity index (χ4v) is 1.96. The number of hydrogen-bond acceptors (Lipinski definition) is 3. The molecule has 0 saturated heterocycles. The van der Waals surface area contributed by atoms with Crippen molar-refractivity contribution in [2.75, 3.05) is 5.32 Å². The minimum Gasteiger partial charge on any atom is -0.456 e. The molecule has 4 nitrogen and oxygen atoms in total. The van der Waals surface area contributed by atoms with Crippen molar-refractivity contribution in [2.45, 2.75) is 20.5 Å². The van der Waals surface area contributed by atoms with Gasteiger partial charge in [-0.1, -0.05) is 37.6 Å². The molecule has 0 aliphatic rings. The number of amides is 1. The number of hydrogen-bond donors (Lipinski definition) is 2. The fraction of sp³-hybridized carbons (Fsp3) is 0.235. The van der Waals surface area contributed by atoms with Gasteiger partial charge in [0.15, 0.2) is 0 Å². The Labute approximate surface area is 134 Å². The first-order chi connectivity index (χ1) is 10.5. The second-order valence-electron chi connectivity index (χ2n) is 5.19. The number of aliphatic hydroxyl groups excluding tert-OH is 1. The van der Waals surface area contributed by atoms with Gasteiger partial charge in [-0.15, -0.1) is 0 Å². The summed E-state index contributed by atoms with van der Waals surface area (Å²) in [6, 6.07) is 12.2. The number of halogens is 1. The number of anilines is 1. The lowest BCUT2D eigenvalue weighted by atomic mass is 10.2. The molecule has 0 fully saturated rings. The van der Waals surface area contributed by atoms with Gasteiger partial charge in [0.2, 0.25) is 5.91 Å². The Kier molecular flexibility index (Phi) is 5.41. The Hall–Kier alpha value is -2.04. The quantitative estimate of drug-likeness (QED) is 0.867. The Morgan fingerprint density at radius 2 is 1.91 bits per heavy atom. The normalized spacial score (nSPS) is 10.6. The Morgan fingerprint density at radius 3 is 2.45 bits per heavy atom.